The maximum absolute atomic E-state index is 13.3. The highest BCUT2D eigenvalue weighted by Gasteiger charge is 2.16. The molecule has 6 bridgehead atoms. The van der Waals surface area contributed by atoms with Crippen molar-refractivity contribution in [3.05, 3.63) is 94.5 Å². The van der Waals surface area contributed by atoms with Gasteiger partial charge in [-0.2, -0.15) is 0 Å². The molecule has 0 fully saturated rings. The second kappa shape index (κ2) is 7.42. The fourth-order valence-electron chi connectivity index (χ4n) is 4.31. The van der Waals surface area contributed by atoms with Gasteiger partial charge in [0.15, 0.2) is 5.78 Å². The third-order valence-corrected chi connectivity index (χ3v) is 6.02. The zero-order valence-corrected chi connectivity index (χ0v) is 17.2. The molecule has 1 aliphatic rings. The molecule has 3 nitrogen and oxygen atoms in total. The number of aryl methyl sites for hydroxylation is 3. The summed E-state index contributed by atoms with van der Waals surface area (Å²) in [4.78, 5) is 17.9. The first-order chi connectivity index (χ1) is 14.6. The summed E-state index contributed by atoms with van der Waals surface area (Å²) < 4.78 is 5.45. The molecule has 0 atom stereocenters. The summed E-state index contributed by atoms with van der Waals surface area (Å²) in [5.41, 5.74) is 8.21. The van der Waals surface area contributed by atoms with Crippen LogP contribution in [-0.2, 0) is 12.8 Å². The van der Waals surface area contributed by atoms with E-state index in [0.717, 1.165) is 46.9 Å². The van der Waals surface area contributed by atoms with Crippen LogP contribution in [0.4, 0.5) is 0 Å². The van der Waals surface area contributed by atoms with Crippen LogP contribution in [0.1, 0.15) is 39.0 Å². The van der Waals surface area contributed by atoms with Crippen molar-refractivity contribution >= 4 is 16.7 Å². The molecule has 3 heteroatoms. The largest absolute Gasteiger partial charge is 0.481 e. The Labute approximate surface area is 176 Å². The smallest absolute Gasteiger partial charge is 0.214 e. The van der Waals surface area contributed by atoms with Crippen molar-refractivity contribution < 1.29 is 9.53 Å². The third kappa shape index (κ3) is 3.26. The van der Waals surface area contributed by atoms with Crippen LogP contribution in [0.2, 0.25) is 0 Å². The van der Waals surface area contributed by atoms with Gasteiger partial charge in [0.25, 0.3) is 0 Å². The Morgan fingerprint density at radius 2 is 1.70 bits per heavy atom. The van der Waals surface area contributed by atoms with Gasteiger partial charge in [-0.05, 0) is 78.3 Å². The number of carbonyl (C=O) groups is 1. The highest BCUT2D eigenvalue weighted by molar-refractivity contribution is 6.11. The number of carbonyl (C=O) groups excluding carboxylic acids is 1. The molecule has 148 valence electrons. The van der Waals surface area contributed by atoms with Gasteiger partial charge < -0.3 is 4.74 Å². The summed E-state index contributed by atoms with van der Waals surface area (Å²) in [6.07, 6.45) is 3.00. The quantitative estimate of drug-likeness (QED) is 0.402. The van der Waals surface area contributed by atoms with E-state index in [4.69, 9.17) is 4.74 Å². The van der Waals surface area contributed by atoms with Crippen LogP contribution in [0.3, 0.4) is 0 Å². The van der Waals surface area contributed by atoms with E-state index in [2.05, 4.69) is 48.3 Å². The highest BCUT2D eigenvalue weighted by atomic mass is 16.5. The van der Waals surface area contributed by atoms with Gasteiger partial charge in [-0.3, -0.25) is 4.79 Å². The Morgan fingerprint density at radius 3 is 2.57 bits per heavy atom. The van der Waals surface area contributed by atoms with Gasteiger partial charge in [0.05, 0.1) is 12.6 Å². The van der Waals surface area contributed by atoms with Crippen LogP contribution in [-0.4, -0.2) is 17.9 Å². The number of aromatic nitrogens is 1. The average Bonchev–Trinajstić information content (AvgIpc) is 2.78. The standard InChI is InChI=1S/C27H23NO2/c1-17-9-10-21-14-19(17)7-3-5-18-6-4-8-20(13-18)23-16-26(30-2)28-25-12-11-22(27(21)29)15-24(23)25/h4,6,8-16H,3,5,7H2,1-2H3. The Hall–Kier alpha value is -3.46. The monoisotopic (exact) mass is 393 g/mol. The average molecular weight is 393 g/mol. The Bertz CT molecular complexity index is 1290. The molecule has 30 heavy (non-hydrogen) atoms. The summed E-state index contributed by atoms with van der Waals surface area (Å²) in [6, 6.07) is 22.4. The number of nitrogens with zero attached hydrogens (tertiary/aromatic N) is 1. The summed E-state index contributed by atoms with van der Waals surface area (Å²) >= 11 is 0. The first-order valence-electron chi connectivity index (χ1n) is 10.3. The van der Waals surface area contributed by atoms with Gasteiger partial charge in [0, 0.05) is 22.6 Å². The topological polar surface area (TPSA) is 39.2 Å². The van der Waals surface area contributed by atoms with Crippen LogP contribution < -0.4 is 4.74 Å². The van der Waals surface area contributed by atoms with Crippen molar-refractivity contribution in [2.45, 2.75) is 26.2 Å². The number of pyridine rings is 1. The minimum atomic E-state index is 0.0470. The third-order valence-electron chi connectivity index (χ3n) is 6.02. The van der Waals surface area contributed by atoms with E-state index in [-0.39, 0.29) is 5.78 Å². The molecule has 4 aromatic rings. The Kier molecular flexibility index (Phi) is 4.59. The molecule has 0 amide bonds. The number of fused-ring (bicyclic) bond motifs is 6. The lowest BCUT2D eigenvalue weighted by Gasteiger charge is -2.14. The molecule has 0 N–H and O–H groups in total. The second-order valence-corrected chi connectivity index (χ2v) is 7.97. The number of hydrogen-bond donors (Lipinski definition) is 0. The molecule has 5 rings (SSSR count). The molecule has 0 aliphatic heterocycles. The van der Waals surface area contributed by atoms with E-state index in [1.165, 1.54) is 16.7 Å². The molecule has 1 aromatic heterocycles. The predicted octanol–water partition coefficient (Wildman–Crippen LogP) is 5.94. The number of hydrogen-bond acceptors (Lipinski definition) is 3. The number of rotatable bonds is 1. The van der Waals surface area contributed by atoms with Crippen molar-refractivity contribution in [1.82, 2.24) is 4.98 Å². The second-order valence-electron chi connectivity index (χ2n) is 7.97. The van der Waals surface area contributed by atoms with E-state index in [1.807, 2.05) is 30.3 Å². The molecule has 1 heterocycles. The van der Waals surface area contributed by atoms with Gasteiger partial charge in [-0.15, -0.1) is 0 Å². The normalized spacial score (nSPS) is 13.3. The number of benzene rings is 3. The van der Waals surface area contributed by atoms with Crippen LogP contribution in [0, 0.1) is 6.92 Å². The first-order valence-corrected chi connectivity index (χ1v) is 10.3. The Morgan fingerprint density at radius 1 is 0.867 bits per heavy atom. The zero-order valence-electron chi connectivity index (χ0n) is 17.2. The number of ketones is 1. The van der Waals surface area contributed by atoms with E-state index < -0.39 is 0 Å². The van der Waals surface area contributed by atoms with Crippen LogP contribution >= 0.6 is 0 Å². The lowest BCUT2D eigenvalue weighted by Crippen LogP contribution is -2.04. The van der Waals surface area contributed by atoms with E-state index in [0.29, 0.717) is 11.4 Å². The molecule has 0 saturated heterocycles. The van der Waals surface area contributed by atoms with E-state index in [9.17, 15) is 4.79 Å². The number of ether oxygens (including phenoxy) is 1. The van der Waals surface area contributed by atoms with Gasteiger partial charge in [0.2, 0.25) is 5.88 Å². The lowest BCUT2D eigenvalue weighted by atomic mass is 9.92. The molecule has 1 aliphatic carbocycles. The highest BCUT2D eigenvalue weighted by Crippen LogP contribution is 2.33. The van der Waals surface area contributed by atoms with Crippen molar-refractivity contribution in [3.8, 4) is 17.0 Å². The van der Waals surface area contributed by atoms with Gasteiger partial charge in [-0.1, -0.05) is 36.4 Å². The van der Waals surface area contributed by atoms with E-state index in [1.54, 1.807) is 7.11 Å². The van der Waals surface area contributed by atoms with Crippen molar-refractivity contribution in [2.75, 3.05) is 7.11 Å². The SMILES string of the molecule is COc1cc2c3cc(ccc3n1)C(=O)c1ccc(C)c(c1)CCCc1cccc-2c1. The zero-order chi connectivity index (χ0) is 20.7. The Balaban J connectivity index is 1.79. The summed E-state index contributed by atoms with van der Waals surface area (Å²) in [5.74, 6) is 0.622. The van der Waals surface area contributed by atoms with Crippen molar-refractivity contribution in [3.63, 3.8) is 0 Å². The summed E-state index contributed by atoms with van der Waals surface area (Å²) in [5, 5.41) is 0.961. The molecule has 0 unspecified atom stereocenters. The van der Waals surface area contributed by atoms with Crippen molar-refractivity contribution in [2.24, 2.45) is 0 Å². The minimum absolute atomic E-state index is 0.0470. The molecule has 0 radical (unpaired) electrons. The van der Waals surface area contributed by atoms with Crippen LogP contribution in [0.5, 0.6) is 5.88 Å². The fourth-order valence-corrected chi connectivity index (χ4v) is 4.31. The molecule has 3 aromatic carbocycles. The maximum atomic E-state index is 13.3. The molecule has 0 spiro atoms. The number of methoxy groups -OCH3 is 1. The van der Waals surface area contributed by atoms with Gasteiger partial charge in [0.1, 0.15) is 0 Å². The van der Waals surface area contributed by atoms with Gasteiger partial charge in [-0.25, -0.2) is 4.98 Å². The minimum Gasteiger partial charge on any atom is -0.481 e. The summed E-state index contributed by atoms with van der Waals surface area (Å²) in [7, 11) is 1.63. The maximum Gasteiger partial charge on any atom is 0.214 e. The predicted molar refractivity (Wildman–Crippen MR) is 120 cm³/mol. The lowest BCUT2D eigenvalue weighted by molar-refractivity contribution is 0.103. The van der Waals surface area contributed by atoms with Crippen LogP contribution in [0.25, 0.3) is 22.0 Å². The summed E-state index contributed by atoms with van der Waals surface area (Å²) in [6.45, 7) is 2.12. The first kappa shape index (κ1) is 18.6. The van der Waals surface area contributed by atoms with Crippen molar-refractivity contribution in [1.29, 1.82) is 0 Å². The van der Waals surface area contributed by atoms with Crippen LogP contribution in [0.15, 0.2) is 66.7 Å². The molecular weight excluding hydrogens is 370 g/mol. The molecule has 0 saturated carbocycles. The van der Waals surface area contributed by atoms with Gasteiger partial charge >= 0.3 is 0 Å². The molecular formula is C27H23NO2. The fraction of sp³-hybridized carbons (Fsp3) is 0.185. The van der Waals surface area contributed by atoms with E-state index >= 15 is 0 Å².